The lowest BCUT2D eigenvalue weighted by molar-refractivity contribution is -0.132. The van der Waals surface area contributed by atoms with Gasteiger partial charge in [-0.1, -0.05) is 97.4 Å². The van der Waals surface area contributed by atoms with Crippen LogP contribution in [0.5, 0.6) is 5.75 Å². The van der Waals surface area contributed by atoms with Crippen molar-refractivity contribution in [3.05, 3.63) is 105 Å². The molecule has 1 atom stereocenters. The van der Waals surface area contributed by atoms with Crippen LogP contribution in [0.1, 0.15) is 49.1 Å². The smallest absolute Gasteiger partial charge is 0.301 e. The number of aliphatic hydroxyl groups is 1. The normalized spacial score (nSPS) is 16.7. The van der Waals surface area contributed by atoms with E-state index in [2.05, 4.69) is 31.0 Å². The zero-order valence-corrected chi connectivity index (χ0v) is 26.4. The Hall–Kier alpha value is -3.37. The topological polar surface area (TPSA) is 92.6 Å². The van der Waals surface area contributed by atoms with Crippen molar-refractivity contribution in [3.63, 3.8) is 0 Å². The number of rotatable bonds is 7. The van der Waals surface area contributed by atoms with E-state index >= 15 is 0 Å². The standard InChI is InChI=1S/C31H27Cl2N3O4S2/c1-31(2,3)20-10-5-17(6-11-20)25-24(26(37)18-8-13-22(40-4)14-9-18)27(38)28(39)36(25)29-34-35-30(42-29)41-16-19-7-12-21(32)15-23(19)33/h5-15,25,37H,16H2,1-4H3/b26-24-. The fourth-order valence-corrected chi connectivity index (χ4v) is 6.98. The Morgan fingerprint density at radius 3 is 2.33 bits per heavy atom. The van der Waals surface area contributed by atoms with E-state index in [4.69, 9.17) is 27.9 Å². The molecule has 0 bridgehead atoms. The zero-order chi connectivity index (χ0) is 30.2. The summed E-state index contributed by atoms with van der Waals surface area (Å²) in [5.41, 5.74) is 2.90. The summed E-state index contributed by atoms with van der Waals surface area (Å²) in [7, 11) is 1.54. The van der Waals surface area contributed by atoms with Crippen molar-refractivity contribution in [2.75, 3.05) is 12.0 Å². The number of thioether (sulfide) groups is 1. The van der Waals surface area contributed by atoms with Crippen molar-refractivity contribution in [1.29, 1.82) is 0 Å². The number of aliphatic hydroxyl groups excluding tert-OH is 1. The summed E-state index contributed by atoms with van der Waals surface area (Å²) in [5.74, 6) is -0.757. The number of hydrogen-bond donors (Lipinski definition) is 1. The van der Waals surface area contributed by atoms with Crippen molar-refractivity contribution < 1.29 is 19.4 Å². The first-order chi connectivity index (χ1) is 20.0. The molecule has 2 heterocycles. The number of carbonyl (C=O) groups excluding carboxylic acids is 2. The molecule has 7 nitrogen and oxygen atoms in total. The molecule has 0 saturated carbocycles. The van der Waals surface area contributed by atoms with Crippen LogP contribution in [-0.4, -0.2) is 34.1 Å². The molecule has 1 aliphatic heterocycles. The predicted octanol–water partition coefficient (Wildman–Crippen LogP) is 8.07. The number of benzene rings is 3. The number of amides is 1. The Labute approximate surface area is 262 Å². The number of ketones is 1. The fourth-order valence-electron chi connectivity index (χ4n) is 4.55. The van der Waals surface area contributed by atoms with Crippen molar-refractivity contribution >= 4 is 68.9 Å². The van der Waals surface area contributed by atoms with Gasteiger partial charge in [-0.3, -0.25) is 14.5 Å². The minimum atomic E-state index is -0.905. The van der Waals surface area contributed by atoms with Crippen LogP contribution in [0.2, 0.25) is 10.0 Å². The number of anilines is 1. The molecular formula is C31H27Cl2N3O4S2. The number of aromatic nitrogens is 2. The number of Topliss-reactive ketones (excluding diaryl/α,β-unsaturated/α-hetero) is 1. The van der Waals surface area contributed by atoms with Gasteiger partial charge in [0, 0.05) is 21.4 Å². The van der Waals surface area contributed by atoms with E-state index in [-0.39, 0.29) is 21.9 Å². The van der Waals surface area contributed by atoms with E-state index in [0.29, 0.717) is 37.0 Å². The van der Waals surface area contributed by atoms with Gasteiger partial charge in [-0.05, 0) is 58.5 Å². The van der Waals surface area contributed by atoms with E-state index < -0.39 is 17.7 Å². The molecule has 1 fully saturated rings. The monoisotopic (exact) mass is 639 g/mol. The molecule has 5 rings (SSSR count). The Balaban J connectivity index is 1.54. The van der Waals surface area contributed by atoms with E-state index in [1.54, 1.807) is 43.5 Å². The van der Waals surface area contributed by atoms with Gasteiger partial charge in [0.2, 0.25) is 5.13 Å². The second-order valence-electron chi connectivity index (χ2n) is 10.6. The Kier molecular flexibility index (Phi) is 8.66. The highest BCUT2D eigenvalue weighted by Crippen LogP contribution is 2.44. The average molecular weight is 641 g/mol. The first-order valence-corrected chi connectivity index (χ1v) is 15.5. The van der Waals surface area contributed by atoms with Gasteiger partial charge in [0.1, 0.15) is 11.5 Å². The zero-order valence-electron chi connectivity index (χ0n) is 23.2. The summed E-state index contributed by atoms with van der Waals surface area (Å²) in [6, 6.07) is 18.7. The number of nitrogens with zero attached hydrogens (tertiary/aromatic N) is 3. The van der Waals surface area contributed by atoms with E-state index in [1.807, 2.05) is 30.3 Å². The third-order valence-corrected chi connectivity index (χ3v) is 9.56. The van der Waals surface area contributed by atoms with Crippen LogP contribution in [0.3, 0.4) is 0 Å². The minimum Gasteiger partial charge on any atom is -0.507 e. The second kappa shape index (κ2) is 12.1. The average Bonchev–Trinajstić information content (AvgIpc) is 3.53. The highest BCUT2D eigenvalue weighted by atomic mass is 35.5. The molecule has 1 saturated heterocycles. The van der Waals surface area contributed by atoms with Gasteiger partial charge in [0.25, 0.3) is 5.78 Å². The highest BCUT2D eigenvalue weighted by molar-refractivity contribution is 8.00. The molecule has 0 radical (unpaired) electrons. The predicted molar refractivity (Wildman–Crippen MR) is 169 cm³/mol. The SMILES string of the molecule is COc1ccc(/C(O)=C2/C(=O)C(=O)N(c3nnc(SCc4ccc(Cl)cc4Cl)s3)C2c2ccc(C(C)(C)C)cc2)cc1. The molecule has 0 spiro atoms. The van der Waals surface area contributed by atoms with Crippen LogP contribution in [0.25, 0.3) is 5.76 Å². The number of carbonyl (C=O) groups is 2. The molecule has 216 valence electrons. The lowest BCUT2D eigenvalue weighted by Gasteiger charge is -2.24. The number of ether oxygens (including phenoxy) is 1. The van der Waals surface area contributed by atoms with E-state index in [9.17, 15) is 14.7 Å². The second-order valence-corrected chi connectivity index (χ2v) is 13.7. The Morgan fingerprint density at radius 2 is 1.71 bits per heavy atom. The van der Waals surface area contributed by atoms with Gasteiger partial charge >= 0.3 is 5.91 Å². The molecule has 42 heavy (non-hydrogen) atoms. The largest absolute Gasteiger partial charge is 0.507 e. The third kappa shape index (κ3) is 6.06. The van der Waals surface area contributed by atoms with E-state index in [0.717, 1.165) is 11.1 Å². The maximum absolute atomic E-state index is 13.5. The quantitative estimate of drug-likeness (QED) is 0.0718. The van der Waals surface area contributed by atoms with Crippen LogP contribution in [0, 0.1) is 0 Å². The molecule has 0 aliphatic carbocycles. The molecule has 1 aliphatic rings. The maximum Gasteiger partial charge on any atom is 0.301 e. The van der Waals surface area contributed by atoms with Crippen LogP contribution in [0.4, 0.5) is 5.13 Å². The maximum atomic E-state index is 13.5. The number of hydrogen-bond acceptors (Lipinski definition) is 8. The molecule has 1 unspecified atom stereocenters. The van der Waals surface area contributed by atoms with Gasteiger partial charge in [-0.15, -0.1) is 10.2 Å². The summed E-state index contributed by atoms with van der Waals surface area (Å²) in [4.78, 5) is 28.4. The van der Waals surface area contributed by atoms with Crippen molar-refractivity contribution in [3.8, 4) is 5.75 Å². The van der Waals surface area contributed by atoms with Crippen molar-refractivity contribution in [1.82, 2.24) is 10.2 Å². The summed E-state index contributed by atoms with van der Waals surface area (Å²) < 4.78 is 5.82. The van der Waals surface area contributed by atoms with Gasteiger partial charge < -0.3 is 9.84 Å². The Morgan fingerprint density at radius 1 is 1.02 bits per heavy atom. The van der Waals surface area contributed by atoms with Crippen LogP contribution in [-0.2, 0) is 20.8 Å². The molecule has 11 heteroatoms. The molecule has 4 aromatic rings. The van der Waals surface area contributed by atoms with Crippen LogP contribution < -0.4 is 9.64 Å². The van der Waals surface area contributed by atoms with Crippen molar-refractivity contribution in [2.24, 2.45) is 0 Å². The summed E-state index contributed by atoms with van der Waals surface area (Å²) in [6.07, 6.45) is 0. The fraction of sp³-hybridized carbons (Fsp3) is 0.226. The lowest BCUT2D eigenvalue weighted by atomic mass is 9.85. The van der Waals surface area contributed by atoms with Gasteiger partial charge in [0.05, 0.1) is 18.7 Å². The number of methoxy groups -OCH3 is 1. The molecule has 1 aromatic heterocycles. The number of halogens is 2. The molecular weight excluding hydrogens is 613 g/mol. The summed E-state index contributed by atoms with van der Waals surface area (Å²) >= 11 is 14.9. The highest BCUT2D eigenvalue weighted by Gasteiger charge is 2.48. The van der Waals surface area contributed by atoms with E-state index in [1.165, 1.54) is 28.0 Å². The van der Waals surface area contributed by atoms with Gasteiger partial charge in [-0.25, -0.2) is 0 Å². The van der Waals surface area contributed by atoms with Crippen LogP contribution >= 0.6 is 46.3 Å². The Bertz CT molecular complexity index is 1680. The van der Waals surface area contributed by atoms with Crippen LogP contribution in [0.15, 0.2) is 76.6 Å². The summed E-state index contributed by atoms with van der Waals surface area (Å²) in [5, 5.41) is 21.3. The van der Waals surface area contributed by atoms with Gasteiger partial charge in [-0.2, -0.15) is 0 Å². The molecule has 1 N–H and O–H groups in total. The molecule has 1 amide bonds. The summed E-state index contributed by atoms with van der Waals surface area (Å²) in [6.45, 7) is 6.32. The minimum absolute atomic E-state index is 0.0222. The van der Waals surface area contributed by atoms with Gasteiger partial charge in [0.15, 0.2) is 4.34 Å². The third-order valence-electron chi connectivity index (χ3n) is 6.87. The van der Waals surface area contributed by atoms with Crippen molar-refractivity contribution in [2.45, 2.75) is 42.3 Å². The first kappa shape index (κ1) is 30.1. The lowest BCUT2D eigenvalue weighted by Crippen LogP contribution is -2.29. The molecule has 3 aromatic carbocycles. The first-order valence-electron chi connectivity index (χ1n) is 12.9.